The van der Waals surface area contributed by atoms with Crippen molar-refractivity contribution in [1.29, 1.82) is 0 Å². The minimum absolute atomic E-state index is 0.292. The largest absolute Gasteiger partial charge is 0.396 e. The molecular weight excluding hydrogens is 230 g/mol. The van der Waals surface area contributed by atoms with Gasteiger partial charge in [0.2, 0.25) is 0 Å². The molecule has 4 rings (SSSR count). The van der Waals surface area contributed by atoms with Crippen molar-refractivity contribution in [2.75, 3.05) is 12.3 Å². The van der Waals surface area contributed by atoms with Crippen molar-refractivity contribution in [3.63, 3.8) is 0 Å². The first kappa shape index (κ1) is 10.3. The number of aliphatic hydroxyl groups excluding tert-OH is 1. The molecule has 2 aliphatic carbocycles. The smallest absolute Gasteiger partial charge is 0.165 e. The maximum atomic E-state index is 9.36. The maximum absolute atomic E-state index is 9.36. The lowest BCUT2D eigenvalue weighted by molar-refractivity contribution is 0.0107. The Kier molecular flexibility index (Phi) is 1.82. The van der Waals surface area contributed by atoms with Crippen molar-refractivity contribution in [3.8, 4) is 0 Å². The summed E-state index contributed by atoms with van der Waals surface area (Å²) in [6.07, 6.45) is 6.70. The van der Waals surface area contributed by atoms with E-state index < -0.39 is 0 Å². The van der Waals surface area contributed by atoms with Gasteiger partial charge in [0.1, 0.15) is 11.8 Å². The van der Waals surface area contributed by atoms with Crippen LogP contribution in [0.15, 0.2) is 12.7 Å². The van der Waals surface area contributed by atoms with Crippen LogP contribution in [-0.4, -0.2) is 31.2 Å². The Labute approximate surface area is 104 Å². The van der Waals surface area contributed by atoms with Gasteiger partial charge >= 0.3 is 0 Å². The molecule has 0 aromatic carbocycles. The Morgan fingerprint density at radius 3 is 2.94 bits per heavy atom. The van der Waals surface area contributed by atoms with Crippen LogP contribution < -0.4 is 5.73 Å². The number of fused-ring (bicyclic) bond motifs is 1. The molecule has 94 valence electrons. The van der Waals surface area contributed by atoms with Crippen LogP contribution in [0.2, 0.25) is 0 Å². The lowest BCUT2D eigenvalue weighted by Gasteiger charge is -2.45. The molecule has 2 saturated carbocycles. The molecule has 0 bridgehead atoms. The first-order valence-electron chi connectivity index (χ1n) is 6.30. The van der Waals surface area contributed by atoms with Crippen LogP contribution in [0, 0.1) is 11.3 Å². The van der Waals surface area contributed by atoms with E-state index >= 15 is 0 Å². The number of aliphatic hydroxyl groups is 1. The molecule has 0 aliphatic heterocycles. The summed E-state index contributed by atoms with van der Waals surface area (Å²) in [5.74, 6) is 0.876. The van der Waals surface area contributed by atoms with Crippen molar-refractivity contribution in [3.05, 3.63) is 12.7 Å². The predicted octanol–water partition coefficient (Wildman–Crippen LogP) is 0.742. The van der Waals surface area contributed by atoms with E-state index in [9.17, 15) is 5.11 Å². The van der Waals surface area contributed by atoms with Crippen LogP contribution >= 0.6 is 0 Å². The van der Waals surface area contributed by atoms with Gasteiger partial charge in [-0.25, -0.2) is 15.0 Å². The summed E-state index contributed by atoms with van der Waals surface area (Å²) in [7, 11) is 0. The van der Waals surface area contributed by atoms with Crippen molar-refractivity contribution in [2.45, 2.75) is 25.3 Å². The molecule has 6 nitrogen and oxygen atoms in total. The molecule has 2 fully saturated rings. The van der Waals surface area contributed by atoms with E-state index in [1.54, 1.807) is 0 Å². The standard InChI is InChI=1S/C12H15N5O/c13-10-9-11(15-5-14-10)17(6-16-9)8-3-7(4-18)12(8)1-2-12/h5-8,18H,1-4H2,(H2,13,14,15)/t7-,8-/m0/s1. The molecule has 6 heteroatoms. The summed E-state index contributed by atoms with van der Waals surface area (Å²) in [6, 6.07) is 0.411. The number of rotatable bonds is 2. The fourth-order valence-corrected chi connectivity index (χ4v) is 3.48. The summed E-state index contributed by atoms with van der Waals surface area (Å²) in [5, 5.41) is 9.36. The van der Waals surface area contributed by atoms with Crippen molar-refractivity contribution in [1.82, 2.24) is 19.5 Å². The van der Waals surface area contributed by atoms with E-state index in [1.165, 1.54) is 19.2 Å². The minimum atomic E-state index is 0.292. The average Bonchev–Trinajstić information content (AvgIpc) is 3.09. The second-order valence-electron chi connectivity index (χ2n) is 5.45. The molecule has 0 unspecified atom stereocenters. The summed E-state index contributed by atoms with van der Waals surface area (Å²) < 4.78 is 2.12. The third kappa shape index (κ3) is 1.09. The first-order chi connectivity index (χ1) is 8.76. The van der Waals surface area contributed by atoms with Crippen molar-refractivity contribution < 1.29 is 5.11 Å². The van der Waals surface area contributed by atoms with Gasteiger partial charge in [0.15, 0.2) is 11.5 Å². The molecule has 0 amide bonds. The highest BCUT2D eigenvalue weighted by Crippen LogP contribution is 2.70. The summed E-state index contributed by atoms with van der Waals surface area (Å²) >= 11 is 0. The van der Waals surface area contributed by atoms with Gasteiger partial charge in [-0.15, -0.1) is 0 Å². The van der Waals surface area contributed by atoms with Gasteiger partial charge in [0.05, 0.1) is 6.33 Å². The van der Waals surface area contributed by atoms with Gasteiger partial charge in [-0.3, -0.25) is 0 Å². The Balaban J connectivity index is 1.79. The molecule has 3 N–H and O–H groups in total. The number of hydrogen-bond acceptors (Lipinski definition) is 5. The van der Waals surface area contributed by atoms with Crippen LogP contribution in [0.3, 0.4) is 0 Å². The van der Waals surface area contributed by atoms with Crippen LogP contribution in [0.1, 0.15) is 25.3 Å². The van der Waals surface area contributed by atoms with E-state index in [-0.39, 0.29) is 0 Å². The second-order valence-corrected chi connectivity index (χ2v) is 5.45. The van der Waals surface area contributed by atoms with Crippen LogP contribution in [-0.2, 0) is 0 Å². The lowest BCUT2D eigenvalue weighted by Crippen LogP contribution is -2.42. The van der Waals surface area contributed by atoms with Crippen LogP contribution in [0.4, 0.5) is 5.82 Å². The molecule has 2 atom stereocenters. The molecule has 2 aliphatic rings. The highest BCUT2D eigenvalue weighted by atomic mass is 16.3. The molecular formula is C12H15N5O. The summed E-state index contributed by atoms with van der Waals surface area (Å²) in [4.78, 5) is 12.6. The number of aromatic nitrogens is 4. The summed E-state index contributed by atoms with van der Waals surface area (Å²) in [6.45, 7) is 0.292. The zero-order chi connectivity index (χ0) is 12.3. The molecule has 18 heavy (non-hydrogen) atoms. The van der Waals surface area contributed by atoms with E-state index in [4.69, 9.17) is 5.73 Å². The third-order valence-corrected chi connectivity index (χ3v) is 4.76. The molecule has 2 aromatic heterocycles. The number of hydrogen-bond donors (Lipinski definition) is 2. The molecule has 0 radical (unpaired) electrons. The number of nitrogen functional groups attached to an aromatic ring is 1. The average molecular weight is 245 g/mol. The lowest BCUT2D eigenvalue weighted by atomic mass is 9.66. The van der Waals surface area contributed by atoms with E-state index in [2.05, 4.69) is 19.5 Å². The van der Waals surface area contributed by atoms with Gasteiger partial charge in [-0.2, -0.15) is 0 Å². The minimum Gasteiger partial charge on any atom is -0.396 e. The van der Waals surface area contributed by atoms with E-state index in [1.807, 2.05) is 6.33 Å². The van der Waals surface area contributed by atoms with Gasteiger partial charge in [0.25, 0.3) is 0 Å². The zero-order valence-electron chi connectivity index (χ0n) is 9.95. The number of imidazole rings is 1. The predicted molar refractivity (Wildman–Crippen MR) is 65.6 cm³/mol. The number of anilines is 1. The van der Waals surface area contributed by atoms with Crippen LogP contribution in [0.5, 0.6) is 0 Å². The van der Waals surface area contributed by atoms with Crippen molar-refractivity contribution in [2.24, 2.45) is 11.3 Å². The van der Waals surface area contributed by atoms with E-state index in [0.29, 0.717) is 35.3 Å². The SMILES string of the molecule is Nc1ncnc2c1ncn2[C@H]1C[C@@H](CO)C12CC2. The zero-order valence-corrected chi connectivity index (χ0v) is 9.95. The Morgan fingerprint density at radius 2 is 2.22 bits per heavy atom. The number of nitrogens with zero attached hydrogens (tertiary/aromatic N) is 4. The van der Waals surface area contributed by atoms with Gasteiger partial charge in [-0.1, -0.05) is 0 Å². The van der Waals surface area contributed by atoms with Gasteiger partial charge in [0, 0.05) is 12.6 Å². The van der Waals surface area contributed by atoms with E-state index in [0.717, 1.165) is 12.1 Å². The second kappa shape index (κ2) is 3.20. The Bertz CT molecular complexity index is 618. The highest BCUT2D eigenvalue weighted by Gasteiger charge is 2.63. The van der Waals surface area contributed by atoms with Gasteiger partial charge in [-0.05, 0) is 30.6 Å². The monoisotopic (exact) mass is 245 g/mol. The topological polar surface area (TPSA) is 89.9 Å². The quantitative estimate of drug-likeness (QED) is 0.814. The van der Waals surface area contributed by atoms with Crippen LogP contribution in [0.25, 0.3) is 11.2 Å². The fraction of sp³-hybridized carbons (Fsp3) is 0.583. The molecule has 2 heterocycles. The van der Waals surface area contributed by atoms with Gasteiger partial charge < -0.3 is 15.4 Å². The molecule has 2 aromatic rings. The highest BCUT2D eigenvalue weighted by molar-refractivity contribution is 5.81. The fourth-order valence-electron chi connectivity index (χ4n) is 3.48. The summed E-state index contributed by atoms with van der Waals surface area (Å²) in [5.41, 5.74) is 7.59. The Hall–Kier alpha value is -1.69. The van der Waals surface area contributed by atoms with Crippen molar-refractivity contribution >= 4 is 17.0 Å². The maximum Gasteiger partial charge on any atom is 0.165 e. The first-order valence-corrected chi connectivity index (χ1v) is 6.30. The third-order valence-electron chi connectivity index (χ3n) is 4.76. The molecule has 1 spiro atoms. The number of nitrogens with two attached hydrogens (primary N) is 1. The Morgan fingerprint density at radius 1 is 1.39 bits per heavy atom. The molecule has 0 saturated heterocycles. The normalized spacial score (nSPS) is 28.5.